The average molecular weight is 1720 g/mol. The van der Waals surface area contributed by atoms with Crippen LogP contribution in [0, 0.1) is 0 Å². The first-order valence-corrected chi connectivity index (χ1v) is 41.7. The van der Waals surface area contributed by atoms with Gasteiger partial charge in [-0.1, -0.05) is 164 Å². The van der Waals surface area contributed by atoms with E-state index < -0.39 is 0 Å². The number of benzene rings is 3. The molecule has 0 fully saturated rings. The first-order chi connectivity index (χ1) is 59.8. The molecule has 18 rings (SSSR count). The van der Waals surface area contributed by atoms with Crippen LogP contribution in [0.5, 0.6) is 0 Å². The highest BCUT2D eigenvalue weighted by molar-refractivity contribution is 9.08. The number of carbonyl (C=O) groups excluding carboxylic acids is 2. The quantitative estimate of drug-likeness (QED) is 0.0478. The molecule has 18 aromatic rings. The van der Waals surface area contributed by atoms with E-state index in [1.165, 1.54) is 59.5 Å². The average Bonchev–Trinajstić information content (AvgIpc) is 1.66. The summed E-state index contributed by atoms with van der Waals surface area (Å²) < 4.78 is 8.90. The maximum atomic E-state index is 11.5. The molecule has 2 N–H and O–H groups in total. The molecule has 0 aliphatic rings. The highest BCUT2D eigenvalue weighted by Gasteiger charge is 2.17. The number of aromatic amines is 1. The Morgan fingerprint density at radius 1 is 0.341 bits per heavy atom. The molecule has 0 amide bonds. The molecular weight excluding hydrogens is 1620 g/mol. The van der Waals surface area contributed by atoms with Gasteiger partial charge in [0.15, 0.2) is 0 Å². The van der Waals surface area contributed by atoms with E-state index in [-0.39, 0.29) is 24.2 Å². The standard InChI is InChI=1S/C31H27N7O.C29H25N7.C19H15BrN4O.C12H13N3.C6H15N.ClH/c1-23(39)38-17-14-29(35-38)25-9-11-26(12-10-25)30-22-37-19-24(8-13-31(37)34-30)18-36(20-27-6-2-4-15-32-27)21-28-7-3-5-16-33-28;1-3-14-30-25(5-1)19-35(20-26-6-2-4-15-31-26)17-22-7-12-29-33-28(21-36(29)18-22)24-10-8-23(9-11-24)27-13-16-32-34-27;1-13(25)24-9-8-17(22-24)15-3-5-16(6-4-15)18-12-23-11-14(10-20)2-7-19(23)21-18;1-3-7-14-11(5-1)9-13-10-12-6-2-4-8-15-12;1-4-7(5-2)6-3;/h2-17,19,22H,18,20-21H2,1H3;1-16,18,21H,17,19-20H2,(H,32,34);2-9,11-12H,10H2,1H3;1-8,13H,9-10H2;4-6H2,1-3H3;1H. The van der Waals surface area contributed by atoms with Crippen molar-refractivity contribution < 1.29 is 9.59 Å². The zero-order valence-electron chi connectivity index (χ0n) is 69.2. The van der Waals surface area contributed by atoms with Crippen LogP contribution in [0.3, 0.4) is 0 Å². The van der Waals surface area contributed by atoms with Crippen molar-refractivity contribution in [1.29, 1.82) is 0 Å². The molecule has 0 unspecified atom stereocenters. The number of nitrogens with one attached hydrogen (secondary N) is 2. The number of hydrogen-bond donors (Lipinski definition) is 2. The molecule has 26 heteroatoms. The molecule has 0 spiro atoms. The van der Waals surface area contributed by atoms with Gasteiger partial charge in [-0.2, -0.15) is 15.3 Å². The molecule has 15 aromatic heterocycles. The van der Waals surface area contributed by atoms with Crippen molar-refractivity contribution in [3.05, 3.63) is 380 Å². The fourth-order valence-electron chi connectivity index (χ4n) is 13.7. The third-order valence-corrected chi connectivity index (χ3v) is 20.8. The largest absolute Gasteiger partial charge is 0.306 e. The van der Waals surface area contributed by atoms with Crippen LogP contribution < -0.4 is 5.32 Å². The zero-order chi connectivity index (χ0) is 84.2. The van der Waals surface area contributed by atoms with E-state index in [0.717, 1.165) is 176 Å². The molecule has 0 radical (unpaired) electrons. The molecule has 0 bridgehead atoms. The van der Waals surface area contributed by atoms with Crippen LogP contribution in [0.4, 0.5) is 0 Å². The second-order valence-corrected chi connectivity index (χ2v) is 29.5. The Labute approximate surface area is 729 Å². The molecule has 0 saturated carbocycles. The number of imidazole rings is 3. The van der Waals surface area contributed by atoms with Crippen molar-refractivity contribution in [1.82, 2.24) is 108 Å². The fourth-order valence-corrected chi connectivity index (χ4v) is 14.0. The summed E-state index contributed by atoms with van der Waals surface area (Å²) >= 11 is 3.47. The molecule has 0 atom stereocenters. The number of nitrogens with zero attached hydrogens (tertiary/aromatic N) is 20. The van der Waals surface area contributed by atoms with Crippen molar-refractivity contribution in [2.75, 3.05) is 19.6 Å². The molecule has 0 aliphatic carbocycles. The highest BCUT2D eigenvalue weighted by Crippen LogP contribution is 2.29. The first-order valence-electron chi connectivity index (χ1n) is 40.6. The minimum atomic E-state index is -0.112. The van der Waals surface area contributed by atoms with Crippen LogP contribution in [0.25, 0.3) is 84.5 Å². The molecule has 0 saturated heterocycles. The van der Waals surface area contributed by atoms with Gasteiger partial charge < -0.3 is 23.4 Å². The molecule has 620 valence electrons. The van der Waals surface area contributed by atoms with E-state index >= 15 is 0 Å². The number of aromatic nitrogens is 18. The third kappa shape index (κ3) is 24.7. The molecule has 0 aliphatic heterocycles. The van der Waals surface area contributed by atoms with Crippen LogP contribution in [0.1, 0.15) is 95.1 Å². The van der Waals surface area contributed by atoms with Gasteiger partial charge in [0.2, 0.25) is 11.8 Å². The Balaban J connectivity index is 0.000000143. The van der Waals surface area contributed by atoms with Gasteiger partial charge in [-0.3, -0.25) is 54.4 Å². The van der Waals surface area contributed by atoms with Gasteiger partial charge in [0, 0.05) is 192 Å². The Morgan fingerprint density at radius 3 is 0.943 bits per heavy atom. The number of rotatable bonds is 26. The second kappa shape index (κ2) is 44.0. The summed E-state index contributed by atoms with van der Waals surface area (Å²) in [5, 5.41) is 19.8. The number of alkyl halides is 1. The Kier molecular flexibility index (Phi) is 31.1. The number of halogens is 2. The van der Waals surface area contributed by atoms with Gasteiger partial charge in [-0.05, 0) is 151 Å². The van der Waals surface area contributed by atoms with Crippen molar-refractivity contribution >= 4 is 57.1 Å². The van der Waals surface area contributed by atoms with Crippen LogP contribution in [-0.4, -0.2) is 134 Å². The van der Waals surface area contributed by atoms with E-state index in [1.807, 2.05) is 193 Å². The maximum Gasteiger partial charge on any atom is 0.243 e. The van der Waals surface area contributed by atoms with Gasteiger partial charge in [-0.25, -0.2) is 24.3 Å². The second-order valence-electron chi connectivity index (χ2n) is 28.9. The smallest absolute Gasteiger partial charge is 0.243 e. The van der Waals surface area contributed by atoms with Crippen molar-refractivity contribution in [2.45, 2.75) is 92.3 Å². The topological polar surface area (TPSA) is 249 Å². The molecular formula is C97H96BrClN22O2. The van der Waals surface area contributed by atoms with Crippen molar-refractivity contribution in [3.63, 3.8) is 0 Å². The van der Waals surface area contributed by atoms with Gasteiger partial charge in [0.25, 0.3) is 0 Å². The zero-order valence-corrected chi connectivity index (χ0v) is 71.6. The lowest BCUT2D eigenvalue weighted by Crippen LogP contribution is -2.23. The number of H-pyrrole nitrogens is 1. The molecule has 123 heavy (non-hydrogen) atoms. The summed E-state index contributed by atoms with van der Waals surface area (Å²) in [5.74, 6) is -0.214. The summed E-state index contributed by atoms with van der Waals surface area (Å²) in [5.41, 5.74) is 24.0. The monoisotopic (exact) mass is 1710 g/mol. The lowest BCUT2D eigenvalue weighted by Gasteiger charge is -2.22. The molecule has 24 nitrogen and oxygen atoms in total. The summed E-state index contributed by atoms with van der Waals surface area (Å²) in [6.07, 6.45) is 28.6. The van der Waals surface area contributed by atoms with E-state index in [1.54, 1.807) is 31.0 Å². The van der Waals surface area contributed by atoms with Gasteiger partial charge in [-0.15, -0.1) is 12.4 Å². The predicted octanol–water partition coefficient (Wildman–Crippen LogP) is 18.9. The van der Waals surface area contributed by atoms with Crippen molar-refractivity contribution in [2.24, 2.45) is 0 Å². The van der Waals surface area contributed by atoms with E-state index in [9.17, 15) is 9.59 Å². The summed E-state index contributed by atoms with van der Waals surface area (Å²) in [7, 11) is 0. The van der Waals surface area contributed by atoms with E-state index in [2.05, 4.69) is 231 Å². The number of fused-ring (bicyclic) bond motifs is 3. The summed E-state index contributed by atoms with van der Waals surface area (Å²) in [6, 6.07) is 78.6. The van der Waals surface area contributed by atoms with Gasteiger partial charge >= 0.3 is 0 Å². The Morgan fingerprint density at radius 2 is 0.659 bits per heavy atom. The van der Waals surface area contributed by atoms with Crippen LogP contribution in [0.15, 0.2) is 330 Å². The third-order valence-electron chi connectivity index (χ3n) is 20.1. The van der Waals surface area contributed by atoms with Crippen LogP contribution >= 0.6 is 28.3 Å². The maximum absolute atomic E-state index is 11.5. The Bertz CT molecular complexity index is 6130. The molecule has 15 heterocycles. The van der Waals surface area contributed by atoms with Gasteiger partial charge in [0.1, 0.15) is 16.9 Å². The molecule has 3 aromatic carbocycles. The number of hydrogen-bond acceptors (Lipinski definition) is 18. The Hall–Kier alpha value is -13.8. The normalized spacial score (nSPS) is 11.0. The minimum Gasteiger partial charge on any atom is -0.306 e. The van der Waals surface area contributed by atoms with E-state index in [4.69, 9.17) is 9.97 Å². The minimum absolute atomic E-state index is 0. The lowest BCUT2D eigenvalue weighted by molar-refractivity contribution is 0.0913. The van der Waals surface area contributed by atoms with Crippen molar-refractivity contribution in [3.8, 4) is 67.5 Å². The first kappa shape index (κ1) is 87.0. The summed E-state index contributed by atoms with van der Waals surface area (Å²) in [4.78, 5) is 70.9. The fraction of sp³-hybridized carbons (Fsp3) is 0.175. The lowest BCUT2D eigenvalue weighted by atomic mass is 10.1. The number of pyridine rings is 9. The van der Waals surface area contributed by atoms with Gasteiger partial charge in [0.05, 0.1) is 68.3 Å². The predicted molar refractivity (Wildman–Crippen MR) is 490 cm³/mol. The van der Waals surface area contributed by atoms with E-state index in [0.29, 0.717) is 0 Å². The highest BCUT2D eigenvalue weighted by atomic mass is 79.9. The summed E-state index contributed by atoms with van der Waals surface area (Å²) in [6.45, 7) is 19.1. The SMILES string of the molecule is CC(=O)n1ccc(-c2ccc(-c3cn4cc(CBr)ccc4n3)cc2)n1.CC(=O)n1ccc(-c2ccc(-c3cn4cc(CN(Cc5ccccn5)Cc5ccccn5)ccc4n3)cc2)n1.CCN(CC)CC.Cl.c1ccc(CN(Cc2ccc3nc(-c4ccc(-c5ccn[nH]5)cc4)cn3c2)Cc2ccccn2)nc1.c1ccc(CNCc2ccccn2)nc1. The number of carbonyl (C=O) groups is 2. The van der Waals surface area contributed by atoms with Crippen LogP contribution in [-0.2, 0) is 57.7 Å². The van der Waals surface area contributed by atoms with Crippen LogP contribution in [0.2, 0.25) is 0 Å².